The zero-order chi connectivity index (χ0) is 10.8. The fourth-order valence-electron chi connectivity index (χ4n) is 1.67. The summed E-state index contributed by atoms with van der Waals surface area (Å²) >= 11 is 0. The van der Waals surface area contributed by atoms with Crippen molar-refractivity contribution in [2.24, 2.45) is 5.92 Å². The summed E-state index contributed by atoms with van der Waals surface area (Å²) in [7, 11) is 0. The number of aliphatic hydroxyl groups excluding tert-OH is 2. The van der Waals surface area contributed by atoms with Gasteiger partial charge in [-0.1, -0.05) is 12.2 Å². The molecular formula is C11H18O3. The normalized spacial score (nSPS) is 24.6. The van der Waals surface area contributed by atoms with Crippen LogP contribution in [0.5, 0.6) is 0 Å². The lowest BCUT2D eigenvalue weighted by atomic mass is 9.85. The van der Waals surface area contributed by atoms with E-state index in [9.17, 15) is 5.11 Å². The third-order valence-corrected chi connectivity index (χ3v) is 2.43. The van der Waals surface area contributed by atoms with Gasteiger partial charge in [0.05, 0.1) is 11.4 Å². The maximum Gasteiger partial charge on any atom is 0.152 e. The number of rotatable bonds is 3. The smallest absolute Gasteiger partial charge is 0.152 e. The van der Waals surface area contributed by atoms with Gasteiger partial charge in [0.2, 0.25) is 0 Å². The molecule has 0 saturated heterocycles. The molecule has 0 aliphatic heterocycles. The minimum absolute atomic E-state index is 0.0992. The summed E-state index contributed by atoms with van der Waals surface area (Å²) < 4.78 is 5.39. The lowest BCUT2D eigenvalue weighted by molar-refractivity contribution is -0.176. The lowest BCUT2D eigenvalue weighted by Crippen LogP contribution is -2.37. The van der Waals surface area contributed by atoms with Crippen LogP contribution >= 0.6 is 0 Å². The molecule has 80 valence electrons. The van der Waals surface area contributed by atoms with Crippen LogP contribution in [0.25, 0.3) is 0 Å². The molecule has 0 bridgehead atoms. The zero-order valence-electron chi connectivity index (χ0n) is 8.90. The Hall–Kier alpha value is -0.800. The van der Waals surface area contributed by atoms with Gasteiger partial charge >= 0.3 is 0 Å². The predicted molar refractivity (Wildman–Crippen MR) is 54.8 cm³/mol. The van der Waals surface area contributed by atoms with Crippen molar-refractivity contribution in [3.05, 3.63) is 24.0 Å². The van der Waals surface area contributed by atoms with Crippen molar-refractivity contribution in [3.63, 3.8) is 0 Å². The molecule has 0 fully saturated rings. The first-order valence-corrected chi connectivity index (χ1v) is 4.84. The molecule has 0 spiro atoms. The molecule has 3 nitrogen and oxygen atoms in total. The molecule has 3 heteroatoms. The van der Waals surface area contributed by atoms with Crippen LogP contribution in [0, 0.1) is 5.92 Å². The third-order valence-electron chi connectivity index (χ3n) is 2.43. The molecule has 0 aromatic carbocycles. The highest BCUT2D eigenvalue weighted by molar-refractivity contribution is 5.17. The Labute approximate surface area is 84.7 Å². The summed E-state index contributed by atoms with van der Waals surface area (Å²) in [6.07, 6.45) is 5.26. The van der Waals surface area contributed by atoms with E-state index >= 15 is 0 Å². The molecule has 2 N–H and O–H groups in total. The predicted octanol–water partition coefficient (Wildman–Crippen LogP) is 2.14. The highest BCUT2D eigenvalue weighted by atomic mass is 16.6. The third kappa shape index (κ3) is 2.86. The Balaban J connectivity index is 2.65. The molecule has 0 heterocycles. The summed E-state index contributed by atoms with van der Waals surface area (Å²) in [5, 5.41) is 18.5. The molecule has 2 unspecified atom stereocenters. The van der Waals surface area contributed by atoms with Crippen molar-refractivity contribution in [2.75, 3.05) is 0 Å². The van der Waals surface area contributed by atoms with Crippen LogP contribution in [0.3, 0.4) is 0 Å². The molecular weight excluding hydrogens is 180 g/mol. The number of aliphatic hydroxyl groups is 2. The Bertz CT molecular complexity index is 251. The van der Waals surface area contributed by atoms with Crippen LogP contribution in [0.1, 0.15) is 27.2 Å². The Morgan fingerprint density at radius 2 is 2.21 bits per heavy atom. The molecule has 0 radical (unpaired) electrons. The van der Waals surface area contributed by atoms with Crippen LogP contribution in [0.15, 0.2) is 24.0 Å². The Morgan fingerprint density at radius 1 is 1.57 bits per heavy atom. The monoisotopic (exact) mass is 198 g/mol. The van der Waals surface area contributed by atoms with Crippen LogP contribution in [-0.2, 0) is 4.74 Å². The van der Waals surface area contributed by atoms with Gasteiger partial charge in [0.25, 0.3) is 0 Å². The topological polar surface area (TPSA) is 49.7 Å². The second kappa shape index (κ2) is 4.15. The number of allylic oxidation sites excluding steroid dienone is 3. The van der Waals surface area contributed by atoms with E-state index < -0.39 is 11.9 Å². The summed E-state index contributed by atoms with van der Waals surface area (Å²) in [6.45, 7) is 5.41. The van der Waals surface area contributed by atoms with Gasteiger partial charge in [-0.25, -0.2) is 0 Å². The van der Waals surface area contributed by atoms with E-state index in [1.807, 2.05) is 26.0 Å². The largest absolute Gasteiger partial charge is 0.512 e. The molecule has 1 aliphatic carbocycles. The SMILES string of the molecule is CC(O)OC(C)(C)C1C=CC=C(O)C1. The quantitative estimate of drug-likeness (QED) is 0.683. The maximum atomic E-state index is 9.37. The van der Waals surface area contributed by atoms with Gasteiger partial charge in [-0.2, -0.15) is 0 Å². The molecule has 14 heavy (non-hydrogen) atoms. The molecule has 0 aromatic rings. The van der Waals surface area contributed by atoms with Gasteiger partial charge in [0.1, 0.15) is 0 Å². The molecule has 0 saturated carbocycles. The van der Waals surface area contributed by atoms with E-state index in [1.165, 1.54) is 0 Å². The Morgan fingerprint density at radius 3 is 2.71 bits per heavy atom. The minimum atomic E-state index is -0.786. The van der Waals surface area contributed by atoms with Crippen molar-refractivity contribution in [1.82, 2.24) is 0 Å². The molecule has 0 aromatic heterocycles. The molecule has 0 amide bonds. The Kier molecular flexibility index (Phi) is 3.34. The summed E-state index contributed by atoms with van der Waals surface area (Å²) in [5.74, 6) is 0.460. The summed E-state index contributed by atoms with van der Waals surface area (Å²) in [4.78, 5) is 0. The first-order valence-electron chi connectivity index (χ1n) is 4.84. The molecule has 1 aliphatic rings. The van der Waals surface area contributed by atoms with Gasteiger partial charge in [-0.3, -0.25) is 0 Å². The molecule has 2 atom stereocenters. The average molecular weight is 198 g/mol. The average Bonchev–Trinajstić information content (AvgIpc) is 2.01. The van der Waals surface area contributed by atoms with Gasteiger partial charge in [0.15, 0.2) is 6.29 Å². The van der Waals surface area contributed by atoms with Crippen LogP contribution < -0.4 is 0 Å². The van der Waals surface area contributed by atoms with Crippen molar-refractivity contribution in [2.45, 2.75) is 39.1 Å². The number of ether oxygens (including phenoxy) is 1. The first-order chi connectivity index (χ1) is 6.42. The van der Waals surface area contributed by atoms with E-state index in [2.05, 4.69) is 0 Å². The van der Waals surface area contributed by atoms with Crippen molar-refractivity contribution < 1.29 is 14.9 Å². The first kappa shape index (κ1) is 11.3. The van der Waals surface area contributed by atoms with Gasteiger partial charge < -0.3 is 14.9 Å². The highest BCUT2D eigenvalue weighted by Crippen LogP contribution is 2.31. The standard InChI is InChI=1S/C11H18O3/c1-8(12)14-11(2,3)9-5-4-6-10(13)7-9/h4-6,8-9,12-13H,7H2,1-3H3. The minimum Gasteiger partial charge on any atom is -0.512 e. The van der Waals surface area contributed by atoms with Gasteiger partial charge in [0, 0.05) is 12.3 Å². The van der Waals surface area contributed by atoms with Gasteiger partial charge in [-0.15, -0.1) is 0 Å². The number of hydrogen-bond donors (Lipinski definition) is 2. The van der Waals surface area contributed by atoms with E-state index in [-0.39, 0.29) is 5.92 Å². The fraction of sp³-hybridized carbons (Fsp3) is 0.636. The van der Waals surface area contributed by atoms with Crippen LogP contribution in [0.4, 0.5) is 0 Å². The van der Waals surface area contributed by atoms with E-state index in [1.54, 1.807) is 13.0 Å². The number of hydrogen-bond acceptors (Lipinski definition) is 3. The second-order valence-corrected chi connectivity index (χ2v) is 4.17. The second-order valence-electron chi connectivity index (χ2n) is 4.17. The van der Waals surface area contributed by atoms with Crippen molar-refractivity contribution in [3.8, 4) is 0 Å². The van der Waals surface area contributed by atoms with Gasteiger partial charge in [-0.05, 0) is 26.8 Å². The summed E-state index contributed by atoms with van der Waals surface area (Å²) in [6, 6.07) is 0. The van der Waals surface area contributed by atoms with E-state index in [0.29, 0.717) is 12.2 Å². The van der Waals surface area contributed by atoms with E-state index in [4.69, 9.17) is 9.84 Å². The highest BCUT2D eigenvalue weighted by Gasteiger charge is 2.31. The molecule has 1 rings (SSSR count). The van der Waals surface area contributed by atoms with Crippen molar-refractivity contribution in [1.29, 1.82) is 0 Å². The maximum absolute atomic E-state index is 9.37. The summed E-state index contributed by atoms with van der Waals surface area (Å²) in [5.41, 5.74) is -0.465. The van der Waals surface area contributed by atoms with Crippen LogP contribution in [-0.4, -0.2) is 22.1 Å². The van der Waals surface area contributed by atoms with Crippen LogP contribution in [0.2, 0.25) is 0 Å². The zero-order valence-corrected chi connectivity index (χ0v) is 8.90. The fourth-order valence-corrected chi connectivity index (χ4v) is 1.67. The van der Waals surface area contributed by atoms with Crippen molar-refractivity contribution >= 4 is 0 Å². The lowest BCUT2D eigenvalue weighted by Gasteiger charge is -2.34. The van der Waals surface area contributed by atoms with E-state index in [0.717, 1.165) is 0 Å².